The standard InChI is InChI=1S/C10H6ClFIN3O/c11-5-1-8(14)6(12)2-9(5)17-10-7(13)3-15-4-16-10/h1-4H,14H2. The SMILES string of the molecule is Nc1cc(Cl)c(Oc2ncncc2I)cc1F. The third-order valence-corrected chi connectivity index (χ3v) is 2.93. The number of hydrogen-bond donors (Lipinski definition) is 1. The van der Waals surface area contributed by atoms with Crippen molar-refractivity contribution in [3.05, 3.63) is 39.1 Å². The molecule has 0 unspecified atom stereocenters. The zero-order valence-corrected chi connectivity index (χ0v) is 11.2. The molecule has 88 valence electrons. The molecule has 0 aliphatic rings. The minimum Gasteiger partial charge on any atom is -0.436 e. The van der Waals surface area contributed by atoms with Crippen molar-refractivity contribution in [1.29, 1.82) is 0 Å². The summed E-state index contributed by atoms with van der Waals surface area (Å²) in [4.78, 5) is 7.73. The van der Waals surface area contributed by atoms with Crippen LogP contribution in [0.25, 0.3) is 0 Å². The molecule has 0 aliphatic heterocycles. The van der Waals surface area contributed by atoms with Gasteiger partial charge in [0.2, 0.25) is 5.88 Å². The van der Waals surface area contributed by atoms with Crippen LogP contribution in [0.2, 0.25) is 5.02 Å². The van der Waals surface area contributed by atoms with Gasteiger partial charge in [-0.3, -0.25) is 0 Å². The van der Waals surface area contributed by atoms with E-state index in [-0.39, 0.29) is 16.5 Å². The van der Waals surface area contributed by atoms with E-state index in [4.69, 9.17) is 22.1 Å². The van der Waals surface area contributed by atoms with E-state index in [9.17, 15) is 4.39 Å². The van der Waals surface area contributed by atoms with Gasteiger partial charge in [0, 0.05) is 12.3 Å². The third-order valence-electron chi connectivity index (χ3n) is 1.89. The lowest BCUT2D eigenvalue weighted by atomic mass is 10.3. The molecule has 17 heavy (non-hydrogen) atoms. The molecule has 1 aromatic carbocycles. The Morgan fingerprint density at radius 3 is 2.88 bits per heavy atom. The van der Waals surface area contributed by atoms with Crippen molar-refractivity contribution >= 4 is 39.9 Å². The topological polar surface area (TPSA) is 61.0 Å². The summed E-state index contributed by atoms with van der Waals surface area (Å²) >= 11 is 7.89. The first-order valence-corrected chi connectivity index (χ1v) is 5.91. The van der Waals surface area contributed by atoms with Crippen molar-refractivity contribution in [3.63, 3.8) is 0 Å². The van der Waals surface area contributed by atoms with Crippen LogP contribution in [0.5, 0.6) is 11.6 Å². The van der Waals surface area contributed by atoms with Crippen LogP contribution in [0.15, 0.2) is 24.7 Å². The highest BCUT2D eigenvalue weighted by molar-refractivity contribution is 14.1. The summed E-state index contributed by atoms with van der Waals surface area (Å²) in [6.45, 7) is 0. The van der Waals surface area contributed by atoms with E-state index >= 15 is 0 Å². The average Bonchev–Trinajstić information content (AvgIpc) is 2.29. The van der Waals surface area contributed by atoms with Gasteiger partial charge in [0.25, 0.3) is 0 Å². The fraction of sp³-hybridized carbons (Fsp3) is 0. The lowest BCUT2D eigenvalue weighted by Gasteiger charge is -2.08. The number of nitrogens with two attached hydrogens (primary N) is 1. The zero-order chi connectivity index (χ0) is 12.4. The van der Waals surface area contributed by atoms with Crippen molar-refractivity contribution in [1.82, 2.24) is 9.97 Å². The summed E-state index contributed by atoms with van der Waals surface area (Å²) in [5.74, 6) is -0.116. The van der Waals surface area contributed by atoms with Crippen LogP contribution in [-0.2, 0) is 0 Å². The van der Waals surface area contributed by atoms with Gasteiger partial charge >= 0.3 is 0 Å². The highest BCUT2D eigenvalue weighted by atomic mass is 127. The van der Waals surface area contributed by atoms with Crippen molar-refractivity contribution in [2.75, 3.05) is 5.73 Å². The Morgan fingerprint density at radius 1 is 1.41 bits per heavy atom. The molecular weight excluding hydrogens is 359 g/mol. The summed E-state index contributed by atoms with van der Waals surface area (Å²) in [6.07, 6.45) is 2.91. The normalized spacial score (nSPS) is 10.3. The lowest BCUT2D eigenvalue weighted by molar-refractivity contribution is 0.453. The Bertz CT molecular complexity index is 567. The third kappa shape index (κ3) is 2.75. The smallest absolute Gasteiger partial charge is 0.235 e. The number of rotatable bonds is 2. The predicted octanol–water partition coefficient (Wildman–Crippen LogP) is 3.25. The van der Waals surface area contributed by atoms with Crippen LogP contribution in [-0.4, -0.2) is 9.97 Å². The van der Waals surface area contributed by atoms with E-state index in [0.717, 1.165) is 6.07 Å². The summed E-state index contributed by atoms with van der Waals surface area (Å²) in [5, 5.41) is 0.221. The van der Waals surface area contributed by atoms with Gasteiger partial charge in [-0.05, 0) is 28.7 Å². The van der Waals surface area contributed by atoms with Gasteiger partial charge in [0.05, 0.1) is 14.3 Å². The first-order chi connectivity index (χ1) is 8.08. The van der Waals surface area contributed by atoms with Crippen LogP contribution < -0.4 is 10.5 Å². The van der Waals surface area contributed by atoms with E-state index in [2.05, 4.69) is 9.97 Å². The highest BCUT2D eigenvalue weighted by Gasteiger charge is 2.11. The molecule has 0 atom stereocenters. The first-order valence-electron chi connectivity index (χ1n) is 4.46. The highest BCUT2D eigenvalue weighted by Crippen LogP contribution is 2.33. The fourth-order valence-electron chi connectivity index (χ4n) is 1.10. The lowest BCUT2D eigenvalue weighted by Crippen LogP contribution is -1.96. The molecule has 4 nitrogen and oxygen atoms in total. The van der Waals surface area contributed by atoms with Crippen LogP contribution in [0.1, 0.15) is 0 Å². The molecule has 1 aromatic heterocycles. The second kappa shape index (κ2) is 5.01. The van der Waals surface area contributed by atoms with Gasteiger partial charge in [-0.25, -0.2) is 14.4 Å². The number of anilines is 1. The maximum Gasteiger partial charge on any atom is 0.235 e. The van der Waals surface area contributed by atoms with Crippen LogP contribution in [0.3, 0.4) is 0 Å². The summed E-state index contributed by atoms with van der Waals surface area (Å²) in [5.41, 5.74) is 5.34. The Kier molecular flexibility index (Phi) is 3.63. The first kappa shape index (κ1) is 12.3. The number of nitrogen functional groups attached to an aromatic ring is 1. The molecule has 0 radical (unpaired) electrons. The molecule has 2 aromatic rings. The van der Waals surface area contributed by atoms with E-state index in [0.29, 0.717) is 9.45 Å². The monoisotopic (exact) mass is 365 g/mol. The van der Waals surface area contributed by atoms with E-state index in [1.165, 1.54) is 12.4 Å². The van der Waals surface area contributed by atoms with Gasteiger partial charge in [-0.2, -0.15) is 0 Å². The molecule has 1 heterocycles. The van der Waals surface area contributed by atoms with Crippen LogP contribution in [0, 0.1) is 9.39 Å². The van der Waals surface area contributed by atoms with Crippen molar-refractivity contribution in [3.8, 4) is 11.6 Å². The second-order valence-corrected chi connectivity index (χ2v) is 4.65. The number of benzene rings is 1. The van der Waals surface area contributed by atoms with Gasteiger partial charge in [0.1, 0.15) is 12.1 Å². The quantitative estimate of drug-likeness (QED) is 0.655. The predicted molar refractivity (Wildman–Crippen MR) is 70.6 cm³/mol. The van der Waals surface area contributed by atoms with Crippen LogP contribution >= 0.6 is 34.2 Å². The summed E-state index contributed by atoms with van der Waals surface area (Å²) in [7, 11) is 0. The van der Waals surface area contributed by atoms with E-state index in [1.54, 1.807) is 6.20 Å². The number of ether oxygens (including phenoxy) is 1. The molecule has 0 saturated carbocycles. The van der Waals surface area contributed by atoms with Gasteiger partial charge in [-0.1, -0.05) is 11.6 Å². The Balaban J connectivity index is 2.37. The van der Waals surface area contributed by atoms with E-state index < -0.39 is 5.82 Å². The largest absolute Gasteiger partial charge is 0.436 e. The van der Waals surface area contributed by atoms with Gasteiger partial charge < -0.3 is 10.5 Å². The van der Waals surface area contributed by atoms with Crippen molar-refractivity contribution in [2.24, 2.45) is 0 Å². The molecule has 0 spiro atoms. The fourth-order valence-corrected chi connectivity index (χ4v) is 1.72. The van der Waals surface area contributed by atoms with Gasteiger partial charge in [-0.15, -0.1) is 0 Å². The number of halogens is 3. The maximum atomic E-state index is 13.3. The maximum absolute atomic E-state index is 13.3. The molecule has 0 amide bonds. The molecule has 2 rings (SSSR count). The van der Waals surface area contributed by atoms with Crippen molar-refractivity contribution < 1.29 is 9.13 Å². The van der Waals surface area contributed by atoms with Gasteiger partial charge in [0.15, 0.2) is 5.75 Å². The number of hydrogen-bond acceptors (Lipinski definition) is 4. The number of aromatic nitrogens is 2. The Morgan fingerprint density at radius 2 is 2.18 bits per heavy atom. The summed E-state index contributed by atoms with van der Waals surface area (Å²) in [6, 6.07) is 2.41. The minimum atomic E-state index is -0.589. The number of nitrogens with zero attached hydrogens (tertiary/aromatic N) is 2. The molecule has 0 fully saturated rings. The summed E-state index contributed by atoms with van der Waals surface area (Å²) < 4.78 is 19.3. The molecule has 0 aliphatic carbocycles. The molecule has 0 bridgehead atoms. The molecule has 2 N–H and O–H groups in total. The zero-order valence-electron chi connectivity index (χ0n) is 8.32. The van der Waals surface area contributed by atoms with Crippen molar-refractivity contribution in [2.45, 2.75) is 0 Å². The Hall–Kier alpha value is -1.15. The molecule has 0 saturated heterocycles. The average molecular weight is 366 g/mol. The second-order valence-electron chi connectivity index (χ2n) is 3.08. The van der Waals surface area contributed by atoms with E-state index in [1.807, 2.05) is 22.6 Å². The Labute approximate surface area is 115 Å². The minimum absolute atomic E-state index is 0.0280. The molecule has 7 heteroatoms. The van der Waals surface area contributed by atoms with Crippen LogP contribution in [0.4, 0.5) is 10.1 Å². The molecular formula is C10H6ClFIN3O.